The first-order valence-corrected chi connectivity index (χ1v) is 5.64. The van der Waals surface area contributed by atoms with Crippen molar-refractivity contribution in [3.8, 4) is 0 Å². The number of carboxylic acid groups (broad SMARTS) is 1. The molecule has 0 unspecified atom stereocenters. The molecule has 0 aliphatic heterocycles. The van der Waals surface area contributed by atoms with Crippen LogP contribution in [0.1, 0.15) is 19.4 Å². The average Bonchev–Trinajstić information content (AvgIpc) is 2.30. The first kappa shape index (κ1) is 13.2. The maximum absolute atomic E-state index is 10.5. The Kier molecular flexibility index (Phi) is 5.20. The van der Waals surface area contributed by atoms with E-state index in [-0.39, 0.29) is 5.71 Å². The molecule has 1 atom stereocenters. The van der Waals surface area contributed by atoms with Gasteiger partial charge in [0.2, 0.25) is 0 Å². The molecule has 4 heteroatoms. The molecule has 0 amide bonds. The number of carbonyl (C=O) groups is 1. The summed E-state index contributed by atoms with van der Waals surface area (Å²) in [6, 6.07) is 10.2. The van der Waals surface area contributed by atoms with Crippen molar-refractivity contribution >= 4 is 11.7 Å². The van der Waals surface area contributed by atoms with Gasteiger partial charge in [0.25, 0.3) is 0 Å². The molecule has 0 saturated heterocycles. The van der Waals surface area contributed by atoms with Crippen LogP contribution in [0.5, 0.6) is 0 Å². The standard InChI is InChI=1S/C13H18N2O2/c1-10(8-12-6-4-3-5-7-12)9-14-15-11(2)13(16)17/h3-7,10,14H,8-9H2,1-2H3,(H,16,17)/b15-11-/t10-/m1/s1. The first-order chi connectivity index (χ1) is 8.09. The van der Waals surface area contributed by atoms with Gasteiger partial charge in [-0.05, 0) is 24.8 Å². The number of aliphatic carboxylic acids is 1. The van der Waals surface area contributed by atoms with Gasteiger partial charge in [-0.15, -0.1) is 0 Å². The second kappa shape index (κ2) is 6.68. The Labute approximate surface area is 101 Å². The van der Waals surface area contributed by atoms with Crippen molar-refractivity contribution in [2.24, 2.45) is 11.0 Å². The third kappa shape index (κ3) is 5.15. The zero-order chi connectivity index (χ0) is 12.7. The molecule has 17 heavy (non-hydrogen) atoms. The fourth-order valence-corrected chi connectivity index (χ4v) is 1.46. The minimum absolute atomic E-state index is 0.0805. The van der Waals surface area contributed by atoms with Gasteiger partial charge in [-0.1, -0.05) is 37.3 Å². The monoisotopic (exact) mass is 234 g/mol. The van der Waals surface area contributed by atoms with Gasteiger partial charge in [-0.25, -0.2) is 4.79 Å². The molecule has 0 saturated carbocycles. The number of hydrogen-bond donors (Lipinski definition) is 2. The van der Waals surface area contributed by atoms with Crippen LogP contribution in [0, 0.1) is 5.92 Å². The number of hydrazone groups is 1. The summed E-state index contributed by atoms with van der Waals surface area (Å²) in [5.74, 6) is -0.587. The van der Waals surface area contributed by atoms with E-state index in [1.165, 1.54) is 12.5 Å². The fraction of sp³-hybridized carbons (Fsp3) is 0.385. The molecule has 0 aliphatic carbocycles. The van der Waals surface area contributed by atoms with Crippen LogP contribution in [-0.4, -0.2) is 23.3 Å². The number of benzene rings is 1. The highest BCUT2D eigenvalue weighted by Crippen LogP contribution is 2.06. The lowest BCUT2D eigenvalue weighted by Gasteiger charge is -2.10. The van der Waals surface area contributed by atoms with Crippen LogP contribution in [0.3, 0.4) is 0 Å². The zero-order valence-electron chi connectivity index (χ0n) is 10.2. The maximum atomic E-state index is 10.5. The van der Waals surface area contributed by atoms with E-state index in [4.69, 9.17) is 5.11 Å². The van der Waals surface area contributed by atoms with Gasteiger partial charge in [0, 0.05) is 6.54 Å². The van der Waals surface area contributed by atoms with E-state index in [9.17, 15) is 4.79 Å². The molecule has 92 valence electrons. The number of nitrogens with one attached hydrogen (secondary N) is 1. The Morgan fingerprint density at radius 3 is 2.65 bits per heavy atom. The largest absolute Gasteiger partial charge is 0.477 e. The lowest BCUT2D eigenvalue weighted by molar-refractivity contribution is -0.129. The molecule has 4 nitrogen and oxygen atoms in total. The van der Waals surface area contributed by atoms with E-state index < -0.39 is 5.97 Å². The van der Waals surface area contributed by atoms with Gasteiger partial charge in [-0.3, -0.25) is 0 Å². The lowest BCUT2D eigenvalue weighted by Crippen LogP contribution is -2.21. The minimum atomic E-state index is -0.992. The van der Waals surface area contributed by atoms with Crippen LogP contribution in [0.4, 0.5) is 0 Å². The summed E-state index contributed by atoms with van der Waals surface area (Å²) < 4.78 is 0. The molecule has 1 aromatic rings. The quantitative estimate of drug-likeness (QED) is 0.584. The second-order valence-corrected chi connectivity index (χ2v) is 4.16. The average molecular weight is 234 g/mol. The van der Waals surface area contributed by atoms with Gasteiger partial charge in [-0.2, -0.15) is 5.10 Å². The van der Waals surface area contributed by atoms with Gasteiger partial charge < -0.3 is 10.5 Å². The van der Waals surface area contributed by atoms with Crippen molar-refractivity contribution in [2.45, 2.75) is 20.3 Å². The van der Waals surface area contributed by atoms with E-state index in [2.05, 4.69) is 29.6 Å². The van der Waals surface area contributed by atoms with Crippen LogP contribution in [0.2, 0.25) is 0 Å². The molecule has 0 bridgehead atoms. The van der Waals surface area contributed by atoms with E-state index >= 15 is 0 Å². The summed E-state index contributed by atoms with van der Waals surface area (Å²) >= 11 is 0. The van der Waals surface area contributed by atoms with Crippen LogP contribution >= 0.6 is 0 Å². The number of nitrogens with zero attached hydrogens (tertiary/aromatic N) is 1. The van der Waals surface area contributed by atoms with Crippen molar-refractivity contribution in [1.29, 1.82) is 0 Å². The van der Waals surface area contributed by atoms with Gasteiger partial charge in [0.15, 0.2) is 0 Å². The molecule has 1 rings (SSSR count). The molecule has 2 N–H and O–H groups in total. The molecule has 0 fully saturated rings. The van der Waals surface area contributed by atoms with Crippen molar-refractivity contribution in [1.82, 2.24) is 5.43 Å². The van der Waals surface area contributed by atoms with Crippen LogP contribution < -0.4 is 5.43 Å². The van der Waals surface area contributed by atoms with E-state index in [0.717, 1.165) is 6.42 Å². The molecular weight excluding hydrogens is 216 g/mol. The van der Waals surface area contributed by atoms with Gasteiger partial charge >= 0.3 is 5.97 Å². The molecule has 0 spiro atoms. The summed E-state index contributed by atoms with van der Waals surface area (Å²) in [4.78, 5) is 10.5. The molecule has 0 aliphatic rings. The smallest absolute Gasteiger partial charge is 0.351 e. The Morgan fingerprint density at radius 1 is 1.41 bits per heavy atom. The van der Waals surface area contributed by atoms with Crippen molar-refractivity contribution in [2.75, 3.05) is 6.54 Å². The predicted octanol–water partition coefficient (Wildman–Crippen LogP) is 1.92. The third-order valence-corrected chi connectivity index (χ3v) is 2.42. The fourth-order valence-electron chi connectivity index (χ4n) is 1.46. The topological polar surface area (TPSA) is 61.7 Å². The van der Waals surface area contributed by atoms with Crippen LogP contribution in [-0.2, 0) is 11.2 Å². The molecule has 1 aromatic carbocycles. The molecule has 0 aromatic heterocycles. The Bertz CT molecular complexity index is 388. The van der Waals surface area contributed by atoms with E-state index in [1.807, 2.05) is 18.2 Å². The summed E-state index contributed by atoms with van der Waals surface area (Å²) in [5, 5.41) is 12.4. The highest BCUT2D eigenvalue weighted by molar-refractivity contribution is 6.34. The lowest BCUT2D eigenvalue weighted by atomic mass is 10.0. The van der Waals surface area contributed by atoms with Crippen molar-refractivity contribution in [3.63, 3.8) is 0 Å². The number of carboxylic acids is 1. The van der Waals surface area contributed by atoms with Crippen molar-refractivity contribution < 1.29 is 9.90 Å². The second-order valence-electron chi connectivity index (χ2n) is 4.16. The highest BCUT2D eigenvalue weighted by atomic mass is 16.4. The zero-order valence-corrected chi connectivity index (χ0v) is 10.2. The summed E-state index contributed by atoms with van der Waals surface area (Å²) in [7, 11) is 0. The highest BCUT2D eigenvalue weighted by Gasteiger charge is 2.04. The molecule has 0 radical (unpaired) electrons. The number of rotatable bonds is 6. The molecular formula is C13H18N2O2. The first-order valence-electron chi connectivity index (χ1n) is 5.64. The Morgan fingerprint density at radius 2 is 2.06 bits per heavy atom. The van der Waals surface area contributed by atoms with E-state index in [0.29, 0.717) is 12.5 Å². The SMILES string of the molecule is C/C(=N/NC[C@H](C)Cc1ccccc1)C(=O)O. The van der Waals surface area contributed by atoms with Crippen LogP contribution in [0.15, 0.2) is 35.4 Å². The van der Waals surface area contributed by atoms with Crippen molar-refractivity contribution in [3.05, 3.63) is 35.9 Å². The normalized spacial score (nSPS) is 13.2. The maximum Gasteiger partial charge on any atom is 0.351 e. The number of hydrogen-bond acceptors (Lipinski definition) is 3. The predicted molar refractivity (Wildman–Crippen MR) is 68.1 cm³/mol. The van der Waals surface area contributed by atoms with Crippen LogP contribution in [0.25, 0.3) is 0 Å². The summed E-state index contributed by atoms with van der Waals surface area (Å²) in [6.07, 6.45) is 0.954. The Balaban J connectivity index is 2.34. The summed E-state index contributed by atoms with van der Waals surface area (Å²) in [5.41, 5.74) is 4.15. The van der Waals surface area contributed by atoms with Gasteiger partial charge in [0.1, 0.15) is 5.71 Å². The third-order valence-electron chi connectivity index (χ3n) is 2.42. The van der Waals surface area contributed by atoms with Gasteiger partial charge in [0.05, 0.1) is 0 Å². The summed E-state index contributed by atoms with van der Waals surface area (Å²) in [6.45, 7) is 4.24. The Hall–Kier alpha value is -1.84. The van der Waals surface area contributed by atoms with E-state index in [1.54, 1.807) is 0 Å². The molecule has 0 heterocycles. The minimum Gasteiger partial charge on any atom is -0.477 e.